The second-order valence-corrected chi connectivity index (χ2v) is 3.24. The van der Waals surface area contributed by atoms with Crippen molar-refractivity contribution in [2.75, 3.05) is 0 Å². The summed E-state index contributed by atoms with van der Waals surface area (Å²) in [5.41, 5.74) is 0. The Labute approximate surface area is 78.6 Å². The molecule has 4 nitrogen and oxygen atoms in total. The van der Waals surface area contributed by atoms with Gasteiger partial charge in [0.15, 0.2) is 0 Å². The summed E-state index contributed by atoms with van der Waals surface area (Å²) in [5.74, 6) is 0. The minimum absolute atomic E-state index is 0.145. The average Bonchev–Trinajstić information content (AvgIpc) is 2.57. The molecule has 1 unspecified atom stereocenters. The van der Waals surface area contributed by atoms with Crippen LogP contribution in [-0.2, 0) is 6.54 Å². The van der Waals surface area contributed by atoms with E-state index in [-0.39, 0.29) is 6.10 Å². The minimum Gasteiger partial charge on any atom is -0.393 e. The molecule has 0 fully saturated rings. The molecule has 0 aromatic carbocycles. The van der Waals surface area contributed by atoms with E-state index in [9.17, 15) is 5.11 Å². The minimum atomic E-state index is -0.145. The Morgan fingerprint density at radius 1 is 1.46 bits per heavy atom. The van der Waals surface area contributed by atoms with Crippen LogP contribution in [0.25, 0.3) is 0 Å². The molecule has 74 valence electrons. The number of hydrogen-bond acceptors (Lipinski definition) is 3. The zero-order valence-corrected chi connectivity index (χ0v) is 8.06. The van der Waals surface area contributed by atoms with Crippen molar-refractivity contribution in [1.29, 1.82) is 0 Å². The lowest BCUT2D eigenvalue weighted by atomic mass is 10.1. The molecule has 0 saturated heterocycles. The maximum absolute atomic E-state index is 9.43. The van der Waals surface area contributed by atoms with Gasteiger partial charge in [-0.05, 0) is 19.3 Å². The summed E-state index contributed by atoms with van der Waals surface area (Å²) in [6, 6.07) is 0. The van der Waals surface area contributed by atoms with Gasteiger partial charge in [0.1, 0.15) is 12.7 Å². The zero-order valence-electron chi connectivity index (χ0n) is 8.06. The second kappa shape index (κ2) is 5.70. The predicted molar refractivity (Wildman–Crippen MR) is 50.2 cm³/mol. The molecule has 1 heterocycles. The first kappa shape index (κ1) is 10.2. The standard InChI is InChI=1S/C9H17N3O/c1-2-4-9(13)5-3-6-12-8-10-7-11-12/h7-9,13H,2-6H2,1H3. The number of aromatic nitrogens is 3. The highest BCUT2D eigenvalue weighted by molar-refractivity contribution is 4.58. The SMILES string of the molecule is CCCC(O)CCCn1cncn1. The molecular formula is C9H17N3O. The van der Waals surface area contributed by atoms with E-state index >= 15 is 0 Å². The van der Waals surface area contributed by atoms with Crippen molar-refractivity contribution < 1.29 is 5.11 Å². The fourth-order valence-corrected chi connectivity index (χ4v) is 1.31. The highest BCUT2D eigenvalue weighted by Crippen LogP contribution is 2.04. The van der Waals surface area contributed by atoms with Gasteiger partial charge in [-0.1, -0.05) is 13.3 Å². The lowest BCUT2D eigenvalue weighted by Gasteiger charge is -2.07. The summed E-state index contributed by atoms with van der Waals surface area (Å²) in [4.78, 5) is 3.85. The summed E-state index contributed by atoms with van der Waals surface area (Å²) in [5, 5.41) is 13.4. The van der Waals surface area contributed by atoms with Crippen molar-refractivity contribution in [3.63, 3.8) is 0 Å². The number of rotatable bonds is 6. The summed E-state index contributed by atoms with van der Waals surface area (Å²) in [6.45, 7) is 2.93. The molecule has 1 N–H and O–H groups in total. The first-order valence-corrected chi connectivity index (χ1v) is 4.83. The Morgan fingerprint density at radius 3 is 2.92 bits per heavy atom. The molecular weight excluding hydrogens is 166 g/mol. The van der Waals surface area contributed by atoms with E-state index in [1.165, 1.54) is 6.33 Å². The van der Waals surface area contributed by atoms with Gasteiger partial charge < -0.3 is 5.11 Å². The largest absolute Gasteiger partial charge is 0.393 e. The number of nitrogens with zero attached hydrogens (tertiary/aromatic N) is 3. The van der Waals surface area contributed by atoms with Gasteiger partial charge >= 0.3 is 0 Å². The van der Waals surface area contributed by atoms with E-state index < -0.39 is 0 Å². The highest BCUT2D eigenvalue weighted by atomic mass is 16.3. The quantitative estimate of drug-likeness (QED) is 0.721. The molecule has 0 aliphatic heterocycles. The van der Waals surface area contributed by atoms with Gasteiger partial charge in [0.05, 0.1) is 6.10 Å². The lowest BCUT2D eigenvalue weighted by molar-refractivity contribution is 0.149. The summed E-state index contributed by atoms with van der Waals surface area (Å²) in [7, 11) is 0. The third-order valence-corrected chi connectivity index (χ3v) is 2.01. The Balaban J connectivity index is 2.07. The molecule has 0 amide bonds. The van der Waals surface area contributed by atoms with Crippen LogP contribution < -0.4 is 0 Å². The van der Waals surface area contributed by atoms with Crippen LogP contribution in [0.1, 0.15) is 32.6 Å². The zero-order chi connectivity index (χ0) is 9.52. The molecule has 0 bridgehead atoms. The predicted octanol–water partition coefficient (Wildman–Crippen LogP) is 1.22. The van der Waals surface area contributed by atoms with Crippen LogP contribution in [0.4, 0.5) is 0 Å². The van der Waals surface area contributed by atoms with E-state index in [0.29, 0.717) is 0 Å². The van der Waals surface area contributed by atoms with Gasteiger partial charge in [0.25, 0.3) is 0 Å². The summed E-state index contributed by atoms with van der Waals surface area (Å²) in [6.07, 6.45) is 6.85. The van der Waals surface area contributed by atoms with E-state index in [1.807, 2.05) is 0 Å². The van der Waals surface area contributed by atoms with E-state index in [4.69, 9.17) is 0 Å². The molecule has 0 aliphatic rings. The average molecular weight is 183 g/mol. The van der Waals surface area contributed by atoms with Crippen LogP contribution in [0.5, 0.6) is 0 Å². The molecule has 1 aromatic rings. The first-order valence-electron chi connectivity index (χ1n) is 4.83. The number of aliphatic hydroxyl groups excluding tert-OH is 1. The van der Waals surface area contributed by atoms with Crippen LogP contribution in [-0.4, -0.2) is 26.0 Å². The highest BCUT2D eigenvalue weighted by Gasteiger charge is 2.01. The van der Waals surface area contributed by atoms with Crippen molar-refractivity contribution in [2.24, 2.45) is 0 Å². The fourth-order valence-electron chi connectivity index (χ4n) is 1.31. The van der Waals surface area contributed by atoms with E-state index in [0.717, 1.165) is 32.2 Å². The third kappa shape index (κ3) is 4.03. The molecule has 4 heteroatoms. The van der Waals surface area contributed by atoms with E-state index in [2.05, 4.69) is 17.0 Å². The number of hydrogen-bond donors (Lipinski definition) is 1. The lowest BCUT2D eigenvalue weighted by Crippen LogP contribution is -2.08. The molecule has 1 aromatic heterocycles. The first-order chi connectivity index (χ1) is 6.33. The number of aryl methyl sites for hydroxylation is 1. The maximum atomic E-state index is 9.43. The Morgan fingerprint density at radius 2 is 2.31 bits per heavy atom. The van der Waals surface area contributed by atoms with Gasteiger partial charge in [0, 0.05) is 6.54 Å². The van der Waals surface area contributed by atoms with Crippen molar-refractivity contribution in [3.8, 4) is 0 Å². The van der Waals surface area contributed by atoms with Gasteiger partial charge in [-0.25, -0.2) is 4.98 Å². The van der Waals surface area contributed by atoms with Crippen molar-refractivity contribution in [2.45, 2.75) is 45.3 Å². The monoisotopic (exact) mass is 183 g/mol. The Kier molecular flexibility index (Phi) is 4.46. The van der Waals surface area contributed by atoms with Crippen LogP contribution in [0.2, 0.25) is 0 Å². The Hall–Kier alpha value is -0.900. The number of aliphatic hydroxyl groups is 1. The van der Waals surface area contributed by atoms with Crippen LogP contribution >= 0.6 is 0 Å². The van der Waals surface area contributed by atoms with Gasteiger partial charge in [-0.3, -0.25) is 4.68 Å². The fraction of sp³-hybridized carbons (Fsp3) is 0.778. The molecule has 0 saturated carbocycles. The molecule has 0 spiro atoms. The smallest absolute Gasteiger partial charge is 0.137 e. The normalized spacial score (nSPS) is 13.1. The molecule has 1 rings (SSSR count). The van der Waals surface area contributed by atoms with Crippen molar-refractivity contribution in [3.05, 3.63) is 12.7 Å². The van der Waals surface area contributed by atoms with Crippen molar-refractivity contribution in [1.82, 2.24) is 14.8 Å². The van der Waals surface area contributed by atoms with Crippen LogP contribution in [0.15, 0.2) is 12.7 Å². The third-order valence-electron chi connectivity index (χ3n) is 2.01. The topological polar surface area (TPSA) is 50.9 Å². The molecule has 13 heavy (non-hydrogen) atoms. The van der Waals surface area contributed by atoms with Crippen LogP contribution in [0.3, 0.4) is 0 Å². The van der Waals surface area contributed by atoms with Gasteiger partial charge in [0.2, 0.25) is 0 Å². The molecule has 1 atom stereocenters. The van der Waals surface area contributed by atoms with Crippen molar-refractivity contribution >= 4 is 0 Å². The Bertz CT molecular complexity index is 211. The van der Waals surface area contributed by atoms with E-state index in [1.54, 1.807) is 11.0 Å². The van der Waals surface area contributed by atoms with Crippen LogP contribution in [0, 0.1) is 0 Å². The van der Waals surface area contributed by atoms with Gasteiger partial charge in [-0.15, -0.1) is 0 Å². The second-order valence-electron chi connectivity index (χ2n) is 3.24. The molecule has 0 aliphatic carbocycles. The molecule has 0 radical (unpaired) electrons. The summed E-state index contributed by atoms with van der Waals surface area (Å²) >= 11 is 0. The van der Waals surface area contributed by atoms with Gasteiger partial charge in [-0.2, -0.15) is 5.10 Å². The summed E-state index contributed by atoms with van der Waals surface area (Å²) < 4.78 is 1.79. The maximum Gasteiger partial charge on any atom is 0.137 e.